The van der Waals surface area contributed by atoms with E-state index in [1.54, 1.807) is 12.1 Å². The summed E-state index contributed by atoms with van der Waals surface area (Å²) < 4.78 is 13.7. The Kier molecular flexibility index (Phi) is 5.34. The molecule has 2 aliphatic rings. The summed E-state index contributed by atoms with van der Waals surface area (Å²) in [5.41, 5.74) is 0.906. The fourth-order valence-electron chi connectivity index (χ4n) is 4.27. The van der Waals surface area contributed by atoms with Crippen molar-refractivity contribution in [1.82, 2.24) is 9.80 Å². The van der Waals surface area contributed by atoms with Crippen LogP contribution in [0.5, 0.6) is 0 Å². The van der Waals surface area contributed by atoms with E-state index in [9.17, 15) is 9.18 Å². The summed E-state index contributed by atoms with van der Waals surface area (Å²) in [6.45, 7) is 7.61. The van der Waals surface area contributed by atoms with E-state index in [0.29, 0.717) is 18.4 Å². The predicted molar refractivity (Wildman–Crippen MR) is 94.3 cm³/mol. The molecular formula is C20H27FN2O. The number of carbonyl (C=O) groups is 1. The highest BCUT2D eigenvalue weighted by Gasteiger charge is 2.42. The van der Waals surface area contributed by atoms with Crippen molar-refractivity contribution in [3.8, 4) is 0 Å². The summed E-state index contributed by atoms with van der Waals surface area (Å²) in [5, 5.41) is 0. The van der Waals surface area contributed by atoms with Crippen molar-refractivity contribution < 1.29 is 9.18 Å². The van der Waals surface area contributed by atoms with Crippen LogP contribution in [0, 0.1) is 5.82 Å². The number of hydrogen-bond acceptors (Lipinski definition) is 2. The Hall–Kier alpha value is -1.68. The molecule has 4 heteroatoms. The number of piperidine rings is 1. The summed E-state index contributed by atoms with van der Waals surface area (Å²) in [7, 11) is 0. The monoisotopic (exact) mass is 330 g/mol. The largest absolute Gasteiger partial charge is 0.343 e. The molecule has 1 aromatic carbocycles. The maximum atomic E-state index is 13.7. The van der Waals surface area contributed by atoms with Crippen LogP contribution in [-0.4, -0.2) is 47.4 Å². The zero-order valence-electron chi connectivity index (χ0n) is 14.3. The fourth-order valence-corrected chi connectivity index (χ4v) is 4.27. The third-order valence-electron chi connectivity index (χ3n) is 5.70. The third-order valence-corrected chi connectivity index (χ3v) is 5.70. The first-order valence-electron chi connectivity index (χ1n) is 9.02. The van der Waals surface area contributed by atoms with Crippen molar-refractivity contribution in [2.45, 2.75) is 44.1 Å². The van der Waals surface area contributed by atoms with Crippen LogP contribution in [-0.2, 0) is 11.2 Å². The van der Waals surface area contributed by atoms with Crippen molar-refractivity contribution in [3.05, 3.63) is 48.3 Å². The van der Waals surface area contributed by atoms with E-state index in [1.807, 2.05) is 17.0 Å². The molecule has 130 valence electrons. The van der Waals surface area contributed by atoms with Crippen LogP contribution in [0.1, 0.15) is 37.7 Å². The molecular weight excluding hydrogens is 303 g/mol. The SMILES string of the molecule is C=CCN1CCCC12CCN(C(=O)CCc1ccccc1F)CC2. The Bertz CT molecular complexity index is 593. The standard InChI is InChI=1S/C20H27FN2O/c1-2-13-23-14-5-10-20(23)11-15-22(16-12-20)19(24)9-8-17-6-3-4-7-18(17)21/h2-4,6-7H,1,5,8-16H2. The van der Waals surface area contributed by atoms with Gasteiger partial charge in [-0.2, -0.15) is 0 Å². The maximum absolute atomic E-state index is 13.7. The van der Waals surface area contributed by atoms with Crippen LogP contribution in [0.3, 0.4) is 0 Å². The summed E-state index contributed by atoms with van der Waals surface area (Å²) in [6, 6.07) is 6.72. The number of hydrogen-bond donors (Lipinski definition) is 0. The summed E-state index contributed by atoms with van der Waals surface area (Å²) in [4.78, 5) is 17.0. The lowest BCUT2D eigenvalue weighted by Gasteiger charge is -2.45. The van der Waals surface area contributed by atoms with Gasteiger partial charge in [-0.05, 0) is 50.3 Å². The van der Waals surface area contributed by atoms with Gasteiger partial charge in [0.15, 0.2) is 0 Å². The first kappa shape index (κ1) is 17.2. The lowest BCUT2D eigenvalue weighted by molar-refractivity contribution is -0.133. The molecule has 2 aliphatic heterocycles. The van der Waals surface area contributed by atoms with Crippen LogP contribution >= 0.6 is 0 Å². The Balaban J connectivity index is 1.52. The molecule has 0 atom stereocenters. The van der Waals surface area contributed by atoms with E-state index in [0.717, 1.165) is 39.0 Å². The number of amides is 1. The van der Waals surface area contributed by atoms with Gasteiger partial charge in [0.05, 0.1) is 0 Å². The minimum atomic E-state index is -0.214. The van der Waals surface area contributed by atoms with Crippen LogP contribution in [0.15, 0.2) is 36.9 Å². The first-order valence-corrected chi connectivity index (χ1v) is 9.02. The quantitative estimate of drug-likeness (QED) is 0.773. The number of aryl methyl sites for hydroxylation is 1. The second-order valence-electron chi connectivity index (χ2n) is 7.03. The van der Waals surface area contributed by atoms with Gasteiger partial charge in [0.25, 0.3) is 0 Å². The Labute approximate surface area is 144 Å². The molecule has 0 aromatic heterocycles. The number of halogens is 1. The zero-order chi connectivity index (χ0) is 17.0. The summed E-state index contributed by atoms with van der Waals surface area (Å²) in [6.07, 6.45) is 7.44. The molecule has 0 bridgehead atoms. The van der Waals surface area contributed by atoms with Crippen molar-refractivity contribution >= 4 is 5.91 Å². The van der Waals surface area contributed by atoms with E-state index in [2.05, 4.69) is 11.5 Å². The van der Waals surface area contributed by atoms with Gasteiger partial charge in [-0.3, -0.25) is 9.69 Å². The van der Waals surface area contributed by atoms with Gasteiger partial charge in [0.2, 0.25) is 5.91 Å². The predicted octanol–water partition coefficient (Wildman–Crippen LogP) is 3.40. The topological polar surface area (TPSA) is 23.6 Å². The Morgan fingerprint density at radius 3 is 2.67 bits per heavy atom. The molecule has 3 nitrogen and oxygen atoms in total. The average molecular weight is 330 g/mol. The number of likely N-dealkylation sites (tertiary alicyclic amines) is 2. The highest BCUT2D eigenvalue weighted by molar-refractivity contribution is 5.76. The molecule has 2 saturated heterocycles. The number of benzene rings is 1. The van der Waals surface area contributed by atoms with Crippen LogP contribution in [0.25, 0.3) is 0 Å². The Morgan fingerprint density at radius 2 is 1.96 bits per heavy atom. The highest BCUT2D eigenvalue weighted by Crippen LogP contribution is 2.38. The van der Waals surface area contributed by atoms with Crippen LogP contribution < -0.4 is 0 Å². The lowest BCUT2D eigenvalue weighted by Crippen LogP contribution is -2.53. The smallest absolute Gasteiger partial charge is 0.222 e. The fraction of sp³-hybridized carbons (Fsp3) is 0.550. The molecule has 0 N–H and O–H groups in total. The molecule has 0 unspecified atom stereocenters. The second-order valence-corrected chi connectivity index (χ2v) is 7.03. The molecule has 2 fully saturated rings. The minimum Gasteiger partial charge on any atom is -0.343 e. The molecule has 3 rings (SSSR count). The van der Waals surface area contributed by atoms with E-state index in [4.69, 9.17) is 0 Å². The van der Waals surface area contributed by atoms with E-state index >= 15 is 0 Å². The molecule has 2 heterocycles. The number of rotatable bonds is 5. The van der Waals surface area contributed by atoms with Crippen molar-refractivity contribution in [2.24, 2.45) is 0 Å². The van der Waals surface area contributed by atoms with Gasteiger partial charge in [-0.15, -0.1) is 6.58 Å². The maximum Gasteiger partial charge on any atom is 0.222 e. The molecule has 1 aromatic rings. The third kappa shape index (κ3) is 3.54. The van der Waals surface area contributed by atoms with Gasteiger partial charge in [-0.1, -0.05) is 24.3 Å². The van der Waals surface area contributed by atoms with Gasteiger partial charge < -0.3 is 4.90 Å². The van der Waals surface area contributed by atoms with E-state index in [-0.39, 0.29) is 17.3 Å². The second kappa shape index (κ2) is 7.47. The highest BCUT2D eigenvalue weighted by atomic mass is 19.1. The minimum absolute atomic E-state index is 0.154. The normalized spacial score (nSPS) is 20.5. The molecule has 1 spiro atoms. The summed E-state index contributed by atoms with van der Waals surface area (Å²) in [5.74, 6) is -0.0599. The number of carbonyl (C=O) groups excluding carboxylic acids is 1. The van der Waals surface area contributed by atoms with Crippen molar-refractivity contribution in [1.29, 1.82) is 0 Å². The molecule has 24 heavy (non-hydrogen) atoms. The van der Waals surface area contributed by atoms with Crippen molar-refractivity contribution in [2.75, 3.05) is 26.2 Å². The van der Waals surface area contributed by atoms with Gasteiger partial charge in [0.1, 0.15) is 5.82 Å². The van der Waals surface area contributed by atoms with Crippen LogP contribution in [0.2, 0.25) is 0 Å². The molecule has 1 amide bonds. The molecule has 0 radical (unpaired) electrons. The van der Waals surface area contributed by atoms with Gasteiger partial charge in [-0.25, -0.2) is 4.39 Å². The average Bonchev–Trinajstić information content (AvgIpc) is 2.97. The zero-order valence-corrected chi connectivity index (χ0v) is 14.3. The summed E-state index contributed by atoms with van der Waals surface area (Å²) >= 11 is 0. The van der Waals surface area contributed by atoms with Gasteiger partial charge in [0, 0.05) is 31.6 Å². The molecule has 0 saturated carbocycles. The van der Waals surface area contributed by atoms with E-state index in [1.165, 1.54) is 18.9 Å². The van der Waals surface area contributed by atoms with Crippen molar-refractivity contribution in [3.63, 3.8) is 0 Å². The Morgan fingerprint density at radius 1 is 1.21 bits per heavy atom. The molecule has 0 aliphatic carbocycles. The lowest BCUT2D eigenvalue weighted by atomic mass is 9.84. The van der Waals surface area contributed by atoms with Crippen LogP contribution in [0.4, 0.5) is 4.39 Å². The van der Waals surface area contributed by atoms with Gasteiger partial charge >= 0.3 is 0 Å². The number of nitrogens with zero attached hydrogens (tertiary/aromatic N) is 2. The first-order chi connectivity index (χ1) is 11.6. The van der Waals surface area contributed by atoms with E-state index < -0.39 is 0 Å².